The van der Waals surface area contributed by atoms with E-state index in [9.17, 15) is 0 Å². The highest BCUT2D eigenvalue weighted by Crippen LogP contribution is 2.61. The Morgan fingerprint density at radius 3 is 1.10 bits per heavy atom. The molecule has 0 radical (unpaired) electrons. The molecule has 7 aliphatic rings. The number of halogens is 5. The van der Waals surface area contributed by atoms with E-state index in [1.54, 1.807) is 11.0 Å². The van der Waals surface area contributed by atoms with Crippen LogP contribution in [0.5, 0.6) is 23.0 Å². The highest BCUT2D eigenvalue weighted by atomic mass is 19.1. The fourth-order valence-electron chi connectivity index (χ4n) is 23.8. The summed E-state index contributed by atoms with van der Waals surface area (Å²) in [5, 5.41) is 10.8. The molecular weight excluding hydrogens is 1520 g/mol. The van der Waals surface area contributed by atoms with Crippen molar-refractivity contribution in [2.75, 3.05) is 19.6 Å². The maximum Gasteiger partial charge on any atom is 0.256 e. The molecule has 0 bridgehead atoms. The molecule has 6 aromatic heterocycles. The maximum atomic E-state index is 18.9. The molecule has 0 saturated heterocycles. The lowest BCUT2D eigenvalue weighted by Crippen LogP contribution is -2.65. The van der Waals surface area contributed by atoms with E-state index >= 15 is 22.0 Å². The van der Waals surface area contributed by atoms with Crippen LogP contribution in [-0.2, 0) is 0 Å². The number of hydrogen-bond acceptors (Lipinski definition) is 6. The van der Waals surface area contributed by atoms with Gasteiger partial charge in [-0.05, 0) is 171 Å². The lowest BCUT2D eigenvalue weighted by Gasteiger charge is -2.47. The predicted molar refractivity (Wildman–Crippen MR) is 488 cm³/mol. The Morgan fingerprint density at radius 1 is 0.254 bits per heavy atom. The second-order valence-electron chi connectivity index (χ2n) is 34.0. The minimum atomic E-state index is -0.884. The zero-order valence-corrected chi connectivity index (χ0v) is 64.4. The molecule has 1 fully saturated rings. The number of anilines is 12. The molecule has 6 aliphatic heterocycles. The van der Waals surface area contributed by atoms with Crippen molar-refractivity contribution in [2.24, 2.45) is 0 Å². The van der Waals surface area contributed by atoms with E-state index in [1.807, 2.05) is 77.7 Å². The van der Waals surface area contributed by atoms with E-state index in [2.05, 4.69) is 211 Å². The van der Waals surface area contributed by atoms with Gasteiger partial charge in [0.05, 0.1) is 88.9 Å². The van der Waals surface area contributed by atoms with Crippen LogP contribution in [0.3, 0.4) is 0 Å². The summed E-state index contributed by atoms with van der Waals surface area (Å²) in [6, 6.07) is 99.9. The van der Waals surface area contributed by atoms with Gasteiger partial charge in [0.1, 0.15) is 63.5 Å². The monoisotopic (exact) mass is 1570 g/mol. The van der Waals surface area contributed by atoms with E-state index < -0.39 is 43.4 Å². The number of para-hydroxylation sites is 12. The molecule has 0 N–H and O–H groups in total. The normalized spacial score (nSPS) is 14.7. The van der Waals surface area contributed by atoms with Gasteiger partial charge in [-0.1, -0.05) is 200 Å². The second-order valence-corrected chi connectivity index (χ2v) is 34.0. The highest BCUT2D eigenvalue weighted by Gasteiger charge is 2.55. The minimum absolute atomic E-state index is 0.0719. The first-order chi connectivity index (χ1) is 60.2. The van der Waals surface area contributed by atoms with Crippen molar-refractivity contribution < 1.29 is 31.4 Å². The zero-order chi connectivity index (χ0) is 79.6. The molecule has 1 saturated carbocycles. The zero-order valence-electron chi connectivity index (χ0n) is 64.4. The second kappa shape index (κ2) is 22.4. The van der Waals surface area contributed by atoms with Gasteiger partial charge in [-0.15, -0.1) is 0 Å². The fourth-order valence-corrected chi connectivity index (χ4v) is 23.8. The molecular formula is C105H55B3F5N7O2. The number of hydrogen-bond donors (Lipinski definition) is 0. The molecule has 566 valence electrons. The molecule has 0 amide bonds. The van der Waals surface area contributed by atoms with Gasteiger partial charge >= 0.3 is 0 Å². The van der Waals surface area contributed by atoms with Crippen LogP contribution in [0.1, 0.15) is 24.3 Å². The van der Waals surface area contributed by atoms with Crippen LogP contribution in [0.15, 0.2) is 303 Å². The quantitative estimate of drug-likeness (QED) is 0.126. The molecule has 0 unspecified atom stereocenters. The minimum Gasteiger partial charge on any atom is -0.458 e. The average molecular weight is 1570 g/mol. The van der Waals surface area contributed by atoms with Crippen molar-refractivity contribution in [3.8, 4) is 23.0 Å². The lowest BCUT2D eigenvalue weighted by atomic mass is 9.29. The smallest absolute Gasteiger partial charge is 0.256 e. The molecule has 17 heteroatoms. The predicted octanol–water partition coefficient (Wildman–Crippen LogP) is 21.6. The van der Waals surface area contributed by atoms with E-state index in [0.717, 1.165) is 188 Å². The Kier molecular flexibility index (Phi) is 11.9. The molecule has 30 rings (SSSR count). The largest absolute Gasteiger partial charge is 0.458 e. The summed E-state index contributed by atoms with van der Waals surface area (Å²) in [4.78, 5) is 8.16. The standard InChI is InChI=1S/C105H55B3F5N7O2/c109-68-34-20-31-55(53-47-48-53)94(68)118-82-52-84-67(50-66(82)107-63-33-11-19-46-83(63)121-104-89-60-29-8-16-43-77(60)116-75-41-14-6-27-58(75)87(98(89)116)102(118)92(104)107)108-65-49-64-80(51-81(65)120(96-71(112)37-22-38-72(96)113)103-88-59-28-7-15-42-76(59)117-78-44-17-9-30-61(78)90(99(88)117)105(122-84)93(103)108)119(95-69(110)35-21-36-70(95)111)101-86-57-26-5-13-40-74(57)115-73-39-12-4-25-56(73)85(97(86)115)100-91(101)106(64)62-32-10-18-45-79(62)114(100)54-23-2-1-3-24-54/h1-46,49-53H,47-48H2. The topological polar surface area (TPSA) is 44.7 Å². The van der Waals surface area contributed by atoms with Crippen molar-refractivity contribution in [2.45, 2.75) is 18.8 Å². The van der Waals surface area contributed by atoms with Crippen LogP contribution in [-0.4, -0.2) is 33.3 Å². The van der Waals surface area contributed by atoms with Gasteiger partial charge in [-0.2, -0.15) is 0 Å². The van der Waals surface area contributed by atoms with E-state index in [1.165, 1.54) is 36.4 Å². The summed E-state index contributed by atoms with van der Waals surface area (Å²) < 4.78 is 117. The Bertz CT molecular complexity index is 8800. The first-order valence-electron chi connectivity index (χ1n) is 41.7. The number of aromatic nitrogens is 3. The Hall–Kier alpha value is -15.2. The van der Waals surface area contributed by atoms with Crippen molar-refractivity contribution in [1.29, 1.82) is 0 Å². The summed E-state index contributed by atoms with van der Waals surface area (Å²) in [6.45, 7) is -2.17. The summed E-state index contributed by atoms with van der Waals surface area (Å²) in [7, 11) is 0. The van der Waals surface area contributed by atoms with Crippen LogP contribution in [0.2, 0.25) is 0 Å². The number of benzene rings is 17. The van der Waals surface area contributed by atoms with E-state index in [4.69, 9.17) is 9.47 Å². The SMILES string of the molecule is Fc1cccc(F)c1N1c2cc3c(cc2B2c4cc5c(cc4Oc4c2c1c1c2ccccc2n2c6ccccc6c4c12)N(c1c(F)cccc1C1CC1)c1c2c(c4c6ccccc6n6c7ccccc7c1c46)Oc1ccccc1B52)B1c2ccccc2N(c2ccccc2)c2c1c(c1c4ccccc4n4c5ccccc5c2c14)N3c1c(F)cccc1F. The van der Waals surface area contributed by atoms with Gasteiger partial charge in [0.25, 0.3) is 20.1 Å². The van der Waals surface area contributed by atoms with Crippen LogP contribution >= 0.6 is 0 Å². The summed E-state index contributed by atoms with van der Waals surface area (Å²) in [5.74, 6) is -1.28. The van der Waals surface area contributed by atoms with Gasteiger partial charge in [-0.25, -0.2) is 22.0 Å². The molecule has 0 atom stereocenters. The number of ether oxygens (including phenoxy) is 2. The molecule has 23 aromatic rings. The third-order valence-corrected chi connectivity index (χ3v) is 28.3. The van der Waals surface area contributed by atoms with Crippen molar-refractivity contribution in [3.63, 3.8) is 0 Å². The van der Waals surface area contributed by atoms with Crippen molar-refractivity contribution in [3.05, 3.63) is 338 Å². The van der Waals surface area contributed by atoms with Crippen LogP contribution in [0, 0.1) is 29.1 Å². The van der Waals surface area contributed by atoms with Gasteiger partial charge in [-0.3, -0.25) is 0 Å². The van der Waals surface area contributed by atoms with Crippen molar-refractivity contribution >= 4 is 252 Å². The molecule has 17 aromatic carbocycles. The van der Waals surface area contributed by atoms with Crippen LogP contribution in [0.4, 0.5) is 90.2 Å². The Balaban J connectivity index is 0.804. The van der Waals surface area contributed by atoms with Gasteiger partial charge in [0.15, 0.2) is 0 Å². The Morgan fingerprint density at radius 2 is 0.607 bits per heavy atom. The lowest BCUT2D eigenvalue weighted by molar-refractivity contribution is 0.493. The summed E-state index contributed by atoms with van der Waals surface area (Å²) in [6.07, 6.45) is 1.78. The first kappa shape index (κ1) is 64.8. The maximum absolute atomic E-state index is 18.9. The third-order valence-electron chi connectivity index (χ3n) is 28.3. The first-order valence-corrected chi connectivity index (χ1v) is 41.7. The molecule has 9 nitrogen and oxygen atoms in total. The van der Waals surface area contributed by atoms with E-state index in [0.29, 0.717) is 73.5 Å². The van der Waals surface area contributed by atoms with Crippen LogP contribution < -0.4 is 78.2 Å². The number of rotatable bonds is 5. The van der Waals surface area contributed by atoms with Gasteiger partial charge < -0.3 is 42.3 Å². The molecule has 0 spiro atoms. The van der Waals surface area contributed by atoms with Gasteiger partial charge in [0, 0.05) is 88.4 Å². The summed E-state index contributed by atoms with van der Waals surface area (Å²) in [5.41, 5.74) is 22.0. The number of fused-ring (bicyclic) bond motifs is 36. The molecule has 1 aliphatic carbocycles. The highest BCUT2D eigenvalue weighted by molar-refractivity contribution is 7.04. The number of nitrogens with zero attached hydrogens (tertiary/aromatic N) is 7. The van der Waals surface area contributed by atoms with Gasteiger partial charge in [0.2, 0.25) is 0 Å². The summed E-state index contributed by atoms with van der Waals surface area (Å²) >= 11 is 0. The average Bonchev–Trinajstić information content (AvgIpc) is 1.21. The van der Waals surface area contributed by atoms with Crippen LogP contribution in [0.25, 0.3) is 114 Å². The molecule has 12 heterocycles. The Labute approximate surface area is 691 Å². The van der Waals surface area contributed by atoms with Crippen molar-refractivity contribution in [1.82, 2.24) is 13.2 Å². The third kappa shape index (κ3) is 7.58. The van der Waals surface area contributed by atoms with E-state index in [-0.39, 0.29) is 23.1 Å². The molecule has 122 heavy (non-hydrogen) atoms. The fraction of sp³-hybridized carbons (Fsp3) is 0.0286.